The van der Waals surface area contributed by atoms with Crippen LogP contribution in [0.1, 0.15) is 14.7 Å². The summed E-state index contributed by atoms with van der Waals surface area (Å²) in [6.07, 6.45) is 1.90. The Labute approximate surface area is 79.5 Å². The molecule has 0 aliphatic heterocycles. The lowest BCUT2D eigenvalue weighted by Gasteiger charge is -1.92. The third-order valence-electron chi connectivity index (χ3n) is 1.22. The third kappa shape index (κ3) is 2.58. The van der Waals surface area contributed by atoms with Gasteiger partial charge in [0, 0.05) is 6.32 Å². The SMILES string of the molecule is CB(O)Cc1ncc(C(=O)Cl)s1. The van der Waals surface area contributed by atoms with Crippen LogP contribution in [0.15, 0.2) is 6.20 Å². The summed E-state index contributed by atoms with van der Waals surface area (Å²) >= 11 is 6.44. The first kappa shape index (κ1) is 9.70. The molecule has 0 unspecified atom stereocenters. The van der Waals surface area contributed by atoms with Crippen molar-refractivity contribution in [3.63, 3.8) is 0 Å². The number of nitrogens with zero attached hydrogens (tertiary/aromatic N) is 1. The summed E-state index contributed by atoms with van der Waals surface area (Å²) in [7, 11) is 0. The van der Waals surface area contributed by atoms with Gasteiger partial charge in [0.05, 0.1) is 11.2 Å². The highest BCUT2D eigenvalue weighted by atomic mass is 35.5. The van der Waals surface area contributed by atoms with Crippen LogP contribution in [0.5, 0.6) is 0 Å². The fraction of sp³-hybridized carbons (Fsp3) is 0.333. The standard InChI is InChI=1S/C6H7BClNO2S/c1-7(11)2-5-9-3-4(12-5)6(8)10/h3,11H,2H2,1H3. The summed E-state index contributed by atoms with van der Waals surface area (Å²) < 4.78 is 0. The van der Waals surface area contributed by atoms with Crippen LogP contribution in [0, 0.1) is 0 Å². The molecule has 0 aliphatic rings. The van der Waals surface area contributed by atoms with Crippen molar-refractivity contribution >= 4 is 35.1 Å². The highest BCUT2D eigenvalue weighted by molar-refractivity contribution is 7.15. The molecule has 1 rings (SSSR count). The van der Waals surface area contributed by atoms with E-state index in [2.05, 4.69) is 4.98 Å². The summed E-state index contributed by atoms with van der Waals surface area (Å²) in [4.78, 5) is 15.0. The fourth-order valence-electron chi connectivity index (χ4n) is 0.748. The summed E-state index contributed by atoms with van der Waals surface area (Å²) in [5.41, 5.74) is 0. The molecule has 0 radical (unpaired) electrons. The van der Waals surface area contributed by atoms with Crippen LogP contribution in [0.25, 0.3) is 0 Å². The van der Waals surface area contributed by atoms with Crippen molar-refractivity contribution < 1.29 is 9.82 Å². The van der Waals surface area contributed by atoms with Gasteiger partial charge in [0.25, 0.3) is 12.2 Å². The molecule has 6 heteroatoms. The van der Waals surface area contributed by atoms with Crippen LogP contribution >= 0.6 is 22.9 Å². The quantitative estimate of drug-likeness (QED) is 0.594. The molecule has 1 N–H and O–H groups in total. The zero-order chi connectivity index (χ0) is 9.14. The van der Waals surface area contributed by atoms with Gasteiger partial charge in [0.15, 0.2) is 0 Å². The molecule has 0 saturated carbocycles. The highest BCUT2D eigenvalue weighted by Crippen LogP contribution is 2.15. The van der Waals surface area contributed by atoms with Gasteiger partial charge in [-0.25, -0.2) is 4.98 Å². The Bertz CT molecular complexity index is 289. The Morgan fingerprint density at radius 3 is 3.00 bits per heavy atom. The summed E-state index contributed by atoms with van der Waals surface area (Å²) in [5, 5.41) is 9.24. The second kappa shape index (κ2) is 4.02. The highest BCUT2D eigenvalue weighted by Gasteiger charge is 2.11. The van der Waals surface area contributed by atoms with Crippen molar-refractivity contribution in [3.05, 3.63) is 16.1 Å². The molecule has 0 fully saturated rings. The molecule has 12 heavy (non-hydrogen) atoms. The van der Waals surface area contributed by atoms with Gasteiger partial charge in [-0.05, 0) is 11.6 Å². The molecule has 0 spiro atoms. The van der Waals surface area contributed by atoms with Crippen LogP contribution < -0.4 is 0 Å². The van der Waals surface area contributed by atoms with E-state index in [1.807, 2.05) is 0 Å². The minimum absolute atomic E-state index is 0.423. The minimum atomic E-state index is -0.496. The molecular formula is C6H7BClNO2S. The molecule has 1 aromatic heterocycles. The molecule has 1 heterocycles. The molecule has 0 amide bonds. The topological polar surface area (TPSA) is 50.2 Å². The predicted octanol–water partition coefficient (Wildman–Crippen LogP) is 1.22. The number of thiazole rings is 1. The first-order valence-corrected chi connectivity index (χ1v) is 4.61. The Morgan fingerprint density at radius 2 is 2.58 bits per heavy atom. The van der Waals surface area contributed by atoms with E-state index in [9.17, 15) is 4.79 Å². The van der Waals surface area contributed by atoms with Gasteiger partial charge in [-0.15, -0.1) is 11.3 Å². The first-order chi connectivity index (χ1) is 5.59. The zero-order valence-corrected chi connectivity index (χ0v) is 8.02. The Morgan fingerprint density at radius 1 is 1.92 bits per heavy atom. The fourth-order valence-corrected chi connectivity index (χ4v) is 1.78. The number of rotatable bonds is 3. The van der Waals surface area contributed by atoms with Crippen LogP contribution in [-0.4, -0.2) is 22.2 Å². The van der Waals surface area contributed by atoms with Gasteiger partial charge in [-0.1, -0.05) is 6.82 Å². The zero-order valence-electron chi connectivity index (χ0n) is 6.45. The van der Waals surface area contributed by atoms with Gasteiger partial charge in [-0.2, -0.15) is 0 Å². The van der Waals surface area contributed by atoms with Crippen molar-refractivity contribution in [1.29, 1.82) is 0 Å². The lowest BCUT2D eigenvalue weighted by atomic mass is 9.69. The maximum absolute atomic E-state index is 10.6. The number of halogens is 1. The van der Waals surface area contributed by atoms with E-state index in [1.54, 1.807) is 6.82 Å². The normalized spacial score (nSPS) is 9.92. The van der Waals surface area contributed by atoms with E-state index in [4.69, 9.17) is 16.6 Å². The number of hydrogen-bond acceptors (Lipinski definition) is 4. The molecule has 0 atom stereocenters. The second-order valence-corrected chi connectivity index (χ2v) is 3.90. The van der Waals surface area contributed by atoms with Crippen molar-refractivity contribution in [2.45, 2.75) is 13.1 Å². The minimum Gasteiger partial charge on any atom is -0.450 e. The molecule has 0 saturated heterocycles. The lowest BCUT2D eigenvalue weighted by molar-refractivity contribution is 0.108. The van der Waals surface area contributed by atoms with Crippen molar-refractivity contribution in [2.75, 3.05) is 0 Å². The van der Waals surface area contributed by atoms with E-state index in [0.717, 1.165) is 5.01 Å². The maximum Gasteiger partial charge on any atom is 0.292 e. The predicted molar refractivity (Wildman–Crippen MR) is 49.8 cm³/mol. The lowest BCUT2D eigenvalue weighted by Crippen LogP contribution is -2.09. The van der Waals surface area contributed by atoms with Gasteiger partial charge < -0.3 is 5.02 Å². The number of hydrogen-bond donors (Lipinski definition) is 1. The van der Waals surface area contributed by atoms with E-state index in [-0.39, 0.29) is 0 Å². The van der Waals surface area contributed by atoms with E-state index in [0.29, 0.717) is 11.2 Å². The maximum atomic E-state index is 10.6. The summed E-state index contributed by atoms with van der Waals surface area (Å²) in [6.45, 7) is 1.23. The molecule has 0 aliphatic carbocycles. The van der Waals surface area contributed by atoms with Crippen LogP contribution in [0.3, 0.4) is 0 Å². The molecule has 64 valence electrons. The summed E-state index contributed by atoms with van der Waals surface area (Å²) in [5.74, 6) is 0. The Balaban J connectivity index is 2.71. The first-order valence-electron chi connectivity index (χ1n) is 3.42. The van der Waals surface area contributed by atoms with E-state index < -0.39 is 12.2 Å². The Kier molecular flexibility index (Phi) is 3.25. The molecule has 1 aromatic rings. The second-order valence-electron chi connectivity index (χ2n) is 2.45. The molecule has 0 bridgehead atoms. The third-order valence-corrected chi connectivity index (χ3v) is 2.55. The van der Waals surface area contributed by atoms with Crippen molar-refractivity contribution in [2.24, 2.45) is 0 Å². The van der Waals surface area contributed by atoms with E-state index >= 15 is 0 Å². The monoisotopic (exact) mass is 203 g/mol. The molecule has 0 aromatic carbocycles. The molecule has 3 nitrogen and oxygen atoms in total. The smallest absolute Gasteiger partial charge is 0.292 e. The Hall–Kier alpha value is -0.385. The van der Waals surface area contributed by atoms with Crippen molar-refractivity contribution in [1.82, 2.24) is 4.98 Å². The number of carbonyl (C=O) groups is 1. The molecular weight excluding hydrogens is 196 g/mol. The average molecular weight is 203 g/mol. The van der Waals surface area contributed by atoms with Crippen LogP contribution in [0.2, 0.25) is 6.82 Å². The van der Waals surface area contributed by atoms with Gasteiger partial charge in [-0.3, -0.25) is 4.79 Å². The van der Waals surface area contributed by atoms with Gasteiger partial charge in [0.1, 0.15) is 4.88 Å². The number of carbonyl (C=O) groups excluding carboxylic acids is 1. The van der Waals surface area contributed by atoms with Crippen molar-refractivity contribution in [3.8, 4) is 0 Å². The number of aromatic nitrogens is 1. The largest absolute Gasteiger partial charge is 0.450 e. The van der Waals surface area contributed by atoms with Gasteiger partial charge >= 0.3 is 0 Å². The van der Waals surface area contributed by atoms with Crippen LogP contribution in [0.4, 0.5) is 0 Å². The van der Waals surface area contributed by atoms with Crippen LogP contribution in [-0.2, 0) is 6.32 Å². The van der Waals surface area contributed by atoms with Gasteiger partial charge in [0.2, 0.25) is 0 Å². The van der Waals surface area contributed by atoms with E-state index in [1.165, 1.54) is 17.5 Å². The average Bonchev–Trinajstić information content (AvgIpc) is 2.34. The summed E-state index contributed by atoms with van der Waals surface area (Å²) in [6, 6.07) is 0.